The fourth-order valence-electron chi connectivity index (χ4n) is 2.53. The first kappa shape index (κ1) is 17.4. The number of likely N-dealkylation sites (N-methyl/N-ethyl adjacent to an activating group) is 1. The number of benzene rings is 1. The molecule has 132 valence electrons. The highest BCUT2D eigenvalue weighted by Gasteiger charge is 2.41. The smallest absolute Gasteiger partial charge is 0.329 e. The van der Waals surface area contributed by atoms with E-state index in [1.54, 1.807) is 24.4 Å². The maximum absolute atomic E-state index is 12.3. The topological polar surface area (TPSA) is 100 Å². The Balaban J connectivity index is 2.05. The van der Waals surface area contributed by atoms with E-state index in [1.165, 1.54) is 20.2 Å². The number of rotatable bonds is 3. The van der Waals surface area contributed by atoms with E-state index in [-0.39, 0.29) is 18.0 Å². The minimum atomic E-state index is -3.98. The molecule has 0 bridgehead atoms. The molecular formula is C15H16N3O5PS. The Hall–Kier alpha value is -2.38. The zero-order valence-corrected chi connectivity index (χ0v) is 15.5. The van der Waals surface area contributed by atoms with Crippen LogP contribution >= 0.6 is 9.24 Å². The lowest BCUT2D eigenvalue weighted by molar-refractivity contribution is -0.123. The molecule has 1 aliphatic rings. The number of phenols is 1. The van der Waals surface area contributed by atoms with Crippen molar-refractivity contribution in [1.29, 1.82) is 0 Å². The molecule has 0 saturated carbocycles. The highest BCUT2D eigenvalue weighted by Crippen LogP contribution is 2.36. The molecule has 0 radical (unpaired) electrons. The van der Waals surface area contributed by atoms with Gasteiger partial charge in [-0.25, -0.2) is 13.6 Å². The maximum Gasteiger partial charge on any atom is 0.329 e. The normalized spacial score (nSPS) is 16.4. The molecule has 10 heteroatoms. The minimum Gasteiger partial charge on any atom is -0.506 e. The number of methoxy groups -OCH3 is 1. The number of carbonyl (C=O) groups is 1. The van der Waals surface area contributed by atoms with E-state index in [0.717, 1.165) is 9.87 Å². The first-order valence-electron chi connectivity index (χ1n) is 7.18. The van der Waals surface area contributed by atoms with E-state index in [1.807, 2.05) is 0 Å². The molecular weight excluding hydrogens is 365 g/mol. The van der Waals surface area contributed by atoms with E-state index < -0.39 is 16.1 Å². The number of nitrogens with zero attached hydrogens (tertiary/aromatic N) is 3. The van der Waals surface area contributed by atoms with Gasteiger partial charge in [-0.15, -0.1) is 9.24 Å². The summed E-state index contributed by atoms with van der Waals surface area (Å²) in [5.41, 5.74) is 1.44. The van der Waals surface area contributed by atoms with Crippen LogP contribution in [0.2, 0.25) is 0 Å². The lowest BCUT2D eigenvalue weighted by atomic mass is 10.1. The van der Waals surface area contributed by atoms with E-state index in [4.69, 9.17) is 4.74 Å². The molecule has 1 atom stereocenters. The summed E-state index contributed by atoms with van der Waals surface area (Å²) in [6.07, 6.45) is 1.58. The number of carbonyl (C=O) groups excluding carboxylic acids is 1. The predicted octanol–water partition coefficient (Wildman–Crippen LogP) is 0.486. The van der Waals surface area contributed by atoms with Crippen LogP contribution in [0, 0.1) is 0 Å². The van der Waals surface area contributed by atoms with Crippen LogP contribution in [0.1, 0.15) is 0 Å². The second-order valence-electron chi connectivity index (χ2n) is 5.40. The molecule has 0 aliphatic carbocycles. The summed E-state index contributed by atoms with van der Waals surface area (Å²) in [5, 5.41) is 10.8. The summed E-state index contributed by atoms with van der Waals surface area (Å²) in [6.45, 7) is -0.350. The van der Waals surface area contributed by atoms with Gasteiger partial charge >= 0.3 is 10.2 Å². The second kappa shape index (κ2) is 6.16. The number of ether oxygens (including phenoxy) is 1. The van der Waals surface area contributed by atoms with Gasteiger partial charge in [0.1, 0.15) is 18.0 Å². The van der Waals surface area contributed by atoms with Crippen molar-refractivity contribution in [2.45, 2.75) is 0 Å². The molecule has 1 unspecified atom stereocenters. The van der Waals surface area contributed by atoms with Crippen molar-refractivity contribution >= 4 is 36.3 Å². The van der Waals surface area contributed by atoms with Crippen LogP contribution in [0.3, 0.4) is 0 Å². The first-order valence-corrected chi connectivity index (χ1v) is 9.15. The summed E-state index contributed by atoms with van der Waals surface area (Å²) in [7, 11) is 1.11. The molecule has 1 N–H and O–H groups in total. The fraction of sp³-hybridized carbons (Fsp3) is 0.200. The second-order valence-corrected chi connectivity index (χ2v) is 7.90. The van der Waals surface area contributed by atoms with Crippen molar-refractivity contribution in [3.8, 4) is 22.8 Å². The lowest BCUT2D eigenvalue weighted by Gasteiger charge is -2.21. The van der Waals surface area contributed by atoms with E-state index in [0.29, 0.717) is 21.1 Å². The molecule has 1 fully saturated rings. The highest BCUT2D eigenvalue weighted by atomic mass is 32.2. The first-order chi connectivity index (χ1) is 11.8. The van der Waals surface area contributed by atoms with Crippen LogP contribution in [0.5, 0.6) is 11.6 Å². The van der Waals surface area contributed by atoms with Crippen LogP contribution in [0.15, 0.2) is 30.5 Å². The van der Waals surface area contributed by atoms with Gasteiger partial charge in [-0.2, -0.15) is 8.42 Å². The third-order valence-corrected chi connectivity index (χ3v) is 6.11. The van der Waals surface area contributed by atoms with Gasteiger partial charge in [0.15, 0.2) is 0 Å². The molecule has 2 heterocycles. The SMILES string of the molecule is COc1ccc(-c2cc(O)c(N3CC(=O)N(C)S3(=O)=O)c(P)c2)cn1. The summed E-state index contributed by atoms with van der Waals surface area (Å²) in [6, 6.07) is 6.59. The number of aromatic nitrogens is 1. The summed E-state index contributed by atoms with van der Waals surface area (Å²) in [4.78, 5) is 15.8. The number of hydrogen-bond donors (Lipinski definition) is 1. The highest BCUT2D eigenvalue weighted by molar-refractivity contribution is 7.91. The molecule has 25 heavy (non-hydrogen) atoms. The van der Waals surface area contributed by atoms with Crippen molar-refractivity contribution in [1.82, 2.24) is 9.29 Å². The quantitative estimate of drug-likeness (QED) is 0.777. The Bertz CT molecular complexity index is 923. The average molecular weight is 381 g/mol. The van der Waals surface area contributed by atoms with Gasteiger partial charge in [0.2, 0.25) is 5.88 Å². The Kier molecular flexibility index (Phi) is 4.30. The standard InChI is InChI=1S/C15H16N3O5PS/c1-17-14(20)8-18(25(17,21)22)15-11(19)5-10(6-12(15)24)9-3-4-13(23-2)16-7-9/h3-7,19H,8,24H2,1-2H3. The van der Waals surface area contributed by atoms with Gasteiger partial charge in [-0.3, -0.25) is 4.79 Å². The molecule has 3 rings (SSSR count). The number of amides is 1. The zero-order chi connectivity index (χ0) is 18.4. The van der Waals surface area contributed by atoms with E-state index in [2.05, 4.69) is 14.2 Å². The van der Waals surface area contributed by atoms with Crippen molar-refractivity contribution in [3.63, 3.8) is 0 Å². The lowest BCUT2D eigenvalue weighted by Crippen LogP contribution is -2.33. The van der Waals surface area contributed by atoms with Crippen LogP contribution in [0.25, 0.3) is 11.1 Å². The summed E-state index contributed by atoms with van der Waals surface area (Å²) < 4.78 is 31.2. The number of phenolic OH excluding ortho intramolecular Hbond substituents is 1. The molecule has 0 spiro atoms. The summed E-state index contributed by atoms with van der Waals surface area (Å²) in [5.74, 6) is -0.349. The Labute approximate surface area is 147 Å². The van der Waals surface area contributed by atoms with Crippen LogP contribution in [-0.2, 0) is 15.0 Å². The van der Waals surface area contributed by atoms with Gasteiger partial charge in [-0.1, -0.05) is 0 Å². The molecule has 1 aromatic carbocycles. The van der Waals surface area contributed by atoms with E-state index >= 15 is 0 Å². The van der Waals surface area contributed by atoms with Crippen LogP contribution < -0.4 is 14.3 Å². The Morgan fingerprint density at radius 2 is 2.00 bits per heavy atom. The number of hydrogen-bond acceptors (Lipinski definition) is 6. The number of pyridine rings is 1. The van der Waals surface area contributed by atoms with Gasteiger partial charge in [0, 0.05) is 24.9 Å². The van der Waals surface area contributed by atoms with Gasteiger partial charge in [0.05, 0.1) is 7.11 Å². The molecule has 1 aromatic heterocycles. The summed E-state index contributed by atoms with van der Waals surface area (Å²) >= 11 is 0. The number of aromatic hydroxyl groups is 1. The minimum absolute atomic E-state index is 0.0629. The van der Waals surface area contributed by atoms with Gasteiger partial charge in [-0.05, 0) is 29.1 Å². The van der Waals surface area contributed by atoms with Crippen molar-refractivity contribution in [3.05, 3.63) is 30.5 Å². The molecule has 8 nitrogen and oxygen atoms in total. The average Bonchev–Trinajstić information content (AvgIpc) is 2.77. The Morgan fingerprint density at radius 1 is 1.28 bits per heavy atom. The van der Waals surface area contributed by atoms with Crippen molar-refractivity contribution in [2.75, 3.05) is 25.0 Å². The largest absolute Gasteiger partial charge is 0.506 e. The molecule has 1 saturated heterocycles. The monoisotopic (exact) mass is 381 g/mol. The number of anilines is 1. The van der Waals surface area contributed by atoms with Gasteiger partial charge < -0.3 is 9.84 Å². The van der Waals surface area contributed by atoms with Crippen molar-refractivity contribution in [2.24, 2.45) is 0 Å². The molecule has 2 aromatic rings. The third-order valence-electron chi connectivity index (χ3n) is 3.90. The fourth-order valence-corrected chi connectivity index (χ4v) is 4.42. The molecule has 1 amide bonds. The predicted molar refractivity (Wildman–Crippen MR) is 96.3 cm³/mol. The van der Waals surface area contributed by atoms with E-state index in [9.17, 15) is 18.3 Å². The zero-order valence-electron chi connectivity index (χ0n) is 13.5. The molecule has 1 aliphatic heterocycles. The van der Waals surface area contributed by atoms with Gasteiger partial charge in [0.25, 0.3) is 5.91 Å². The van der Waals surface area contributed by atoms with Crippen LogP contribution in [-0.4, -0.2) is 49.4 Å². The maximum atomic E-state index is 12.3. The van der Waals surface area contributed by atoms with Crippen molar-refractivity contribution < 1.29 is 23.1 Å². The Morgan fingerprint density at radius 3 is 2.48 bits per heavy atom. The third kappa shape index (κ3) is 2.89. The van der Waals surface area contributed by atoms with Crippen LogP contribution in [0.4, 0.5) is 5.69 Å².